The zero-order chi connectivity index (χ0) is 24.6. The van der Waals surface area contributed by atoms with Crippen LogP contribution in [0.5, 0.6) is 5.75 Å². The van der Waals surface area contributed by atoms with Crippen LogP contribution in [0.1, 0.15) is 37.4 Å². The number of H-pyrrole nitrogens is 1. The molecule has 0 aliphatic carbocycles. The molecule has 2 N–H and O–H groups in total. The number of benzene rings is 1. The Morgan fingerprint density at radius 1 is 1.11 bits per heavy atom. The minimum atomic E-state index is 0.607. The lowest BCUT2D eigenvalue weighted by Gasteiger charge is -2.12. The summed E-state index contributed by atoms with van der Waals surface area (Å²) in [6, 6.07) is 12.0. The molecule has 4 heterocycles. The van der Waals surface area contributed by atoms with E-state index in [0.717, 1.165) is 58.1 Å². The van der Waals surface area contributed by atoms with Gasteiger partial charge in [-0.05, 0) is 29.8 Å². The molecule has 8 heteroatoms. The van der Waals surface area contributed by atoms with Crippen molar-refractivity contribution in [1.82, 2.24) is 24.7 Å². The van der Waals surface area contributed by atoms with Crippen LogP contribution in [0.25, 0.3) is 22.3 Å². The Hall–Kier alpha value is -4.07. The molecule has 35 heavy (non-hydrogen) atoms. The minimum absolute atomic E-state index is 0.607. The topological polar surface area (TPSA) is 93.8 Å². The maximum Gasteiger partial charge on any atom is 0.179 e. The Morgan fingerprint density at radius 2 is 1.97 bits per heavy atom. The number of hydrogen-bond acceptors (Lipinski definition) is 6. The molecule has 1 aromatic carbocycles. The molecule has 0 aliphatic rings. The van der Waals surface area contributed by atoms with Gasteiger partial charge in [-0.15, -0.1) is 0 Å². The summed E-state index contributed by atoms with van der Waals surface area (Å²) in [5.41, 5.74) is 5.73. The van der Waals surface area contributed by atoms with Gasteiger partial charge in [0, 0.05) is 50.0 Å². The average Bonchev–Trinajstić information content (AvgIpc) is 3.62. The number of nitrogens with one attached hydrogen (secondary N) is 2. The first-order valence-corrected chi connectivity index (χ1v) is 11.9. The number of rotatable bonds is 8. The first kappa shape index (κ1) is 24.1. The van der Waals surface area contributed by atoms with Crippen LogP contribution in [0.4, 0.5) is 5.69 Å². The van der Waals surface area contributed by atoms with Crippen molar-refractivity contribution < 1.29 is 9.15 Å². The third-order valence-corrected chi connectivity index (χ3v) is 5.42. The van der Waals surface area contributed by atoms with Crippen molar-refractivity contribution in [2.75, 3.05) is 12.4 Å². The average molecular weight is 473 g/mol. The van der Waals surface area contributed by atoms with Crippen LogP contribution in [-0.4, -0.2) is 31.8 Å². The summed E-state index contributed by atoms with van der Waals surface area (Å²) in [6.07, 6.45) is 10.1. The second-order valence-electron chi connectivity index (χ2n) is 8.31. The van der Waals surface area contributed by atoms with E-state index in [1.165, 1.54) is 6.42 Å². The fourth-order valence-electron chi connectivity index (χ4n) is 3.75. The highest BCUT2D eigenvalue weighted by Crippen LogP contribution is 2.28. The van der Waals surface area contributed by atoms with Gasteiger partial charge in [0.05, 0.1) is 25.3 Å². The van der Waals surface area contributed by atoms with Gasteiger partial charge in [0.1, 0.15) is 22.9 Å². The van der Waals surface area contributed by atoms with Gasteiger partial charge in [-0.1, -0.05) is 32.4 Å². The smallest absolute Gasteiger partial charge is 0.179 e. The third kappa shape index (κ3) is 5.90. The fourth-order valence-corrected chi connectivity index (χ4v) is 3.75. The van der Waals surface area contributed by atoms with Crippen LogP contribution in [-0.2, 0) is 26.4 Å². The SMILES string of the molecule is CCC.COc1cc(-c2cnn(C)c2)ccc1CNc1ccnc2nc(CCc3ccco3)[nH]c12. The van der Waals surface area contributed by atoms with Crippen molar-refractivity contribution in [3.8, 4) is 16.9 Å². The summed E-state index contributed by atoms with van der Waals surface area (Å²) in [7, 11) is 3.60. The van der Waals surface area contributed by atoms with E-state index in [-0.39, 0.29) is 0 Å². The second-order valence-corrected chi connectivity index (χ2v) is 8.31. The van der Waals surface area contributed by atoms with Gasteiger partial charge in [0.15, 0.2) is 5.65 Å². The molecule has 0 radical (unpaired) electrons. The van der Waals surface area contributed by atoms with Crippen LogP contribution in [0.15, 0.2) is 65.7 Å². The molecule has 0 saturated heterocycles. The number of imidazole rings is 1. The maximum atomic E-state index is 5.65. The lowest BCUT2D eigenvalue weighted by Crippen LogP contribution is -2.03. The minimum Gasteiger partial charge on any atom is -0.496 e. The summed E-state index contributed by atoms with van der Waals surface area (Å²) in [6.45, 7) is 4.86. The molecule has 0 saturated carbocycles. The van der Waals surface area contributed by atoms with Gasteiger partial charge in [-0.3, -0.25) is 4.68 Å². The maximum absolute atomic E-state index is 5.65. The Kier molecular flexibility index (Phi) is 7.82. The highest BCUT2D eigenvalue weighted by molar-refractivity contribution is 5.85. The van der Waals surface area contributed by atoms with Gasteiger partial charge in [-0.2, -0.15) is 5.10 Å². The van der Waals surface area contributed by atoms with E-state index in [4.69, 9.17) is 9.15 Å². The number of pyridine rings is 1. The molecule has 0 fully saturated rings. The predicted octanol–water partition coefficient (Wildman–Crippen LogP) is 5.77. The first-order chi connectivity index (χ1) is 17.1. The molecular weight excluding hydrogens is 440 g/mol. The van der Waals surface area contributed by atoms with Gasteiger partial charge < -0.3 is 19.5 Å². The Balaban J connectivity index is 0.000000917. The van der Waals surface area contributed by atoms with Crippen molar-refractivity contribution in [2.45, 2.75) is 39.7 Å². The zero-order valence-electron chi connectivity index (χ0n) is 20.7. The zero-order valence-corrected chi connectivity index (χ0v) is 20.7. The molecule has 0 unspecified atom stereocenters. The lowest BCUT2D eigenvalue weighted by molar-refractivity contribution is 0.410. The molecule has 0 aliphatic heterocycles. The van der Waals surface area contributed by atoms with Crippen LogP contribution < -0.4 is 10.1 Å². The summed E-state index contributed by atoms with van der Waals surface area (Å²) in [4.78, 5) is 12.4. The molecule has 0 spiro atoms. The van der Waals surface area contributed by atoms with Crippen LogP contribution >= 0.6 is 0 Å². The summed E-state index contributed by atoms with van der Waals surface area (Å²) in [5.74, 6) is 2.66. The first-order valence-electron chi connectivity index (χ1n) is 11.9. The molecule has 0 amide bonds. The van der Waals surface area contributed by atoms with Gasteiger partial charge in [0.25, 0.3) is 0 Å². The number of methoxy groups -OCH3 is 1. The molecular formula is C27H32N6O2. The quantitative estimate of drug-likeness (QED) is 0.298. The monoisotopic (exact) mass is 472 g/mol. The van der Waals surface area contributed by atoms with Gasteiger partial charge >= 0.3 is 0 Å². The standard InChI is InChI=1S/C24H24N6O2.C3H8/c1-30-15-18(14-27-30)16-5-6-17(21(12-16)31-2)13-26-20-9-10-25-24-23(20)28-22(29-24)8-7-19-4-3-11-32-19;1-3-2/h3-6,9-12,14-15H,7-8,13H2,1-2H3,(H2,25,26,28,29);3H2,1-2H3. The number of aromatic amines is 1. The van der Waals surface area contributed by atoms with E-state index in [0.29, 0.717) is 12.2 Å². The van der Waals surface area contributed by atoms with E-state index >= 15 is 0 Å². The molecule has 0 bridgehead atoms. The van der Waals surface area contributed by atoms with Crippen molar-refractivity contribution in [3.05, 3.63) is 78.4 Å². The van der Waals surface area contributed by atoms with Crippen LogP contribution in [0.2, 0.25) is 0 Å². The third-order valence-electron chi connectivity index (χ3n) is 5.42. The van der Waals surface area contributed by atoms with Crippen molar-refractivity contribution in [3.63, 3.8) is 0 Å². The second kappa shape index (κ2) is 11.4. The molecule has 8 nitrogen and oxygen atoms in total. The Bertz CT molecular complexity index is 1350. The number of fused-ring (bicyclic) bond motifs is 1. The van der Waals surface area contributed by atoms with Crippen molar-refractivity contribution in [1.29, 1.82) is 0 Å². The van der Waals surface area contributed by atoms with Crippen molar-refractivity contribution >= 4 is 16.9 Å². The van der Waals surface area contributed by atoms with E-state index < -0.39 is 0 Å². The van der Waals surface area contributed by atoms with E-state index in [1.54, 1.807) is 24.3 Å². The molecule has 0 atom stereocenters. The number of aryl methyl sites for hydroxylation is 3. The Morgan fingerprint density at radius 3 is 2.69 bits per heavy atom. The van der Waals surface area contributed by atoms with Gasteiger partial charge in [-0.25, -0.2) is 9.97 Å². The fraction of sp³-hybridized carbons (Fsp3) is 0.296. The predicted molar refractivity (Wildman–Crippen MR) is 138 cm³/mol. The molecule has 5 rings (SSSR count). The van der Waals surface area contributed by atoms with Crippen molar-refractivity contribution in [2.24, 2.45) is 7.05 Å². The number of aromatic nitrogens is 5. The highest BCUT2D eigenvalue weighted by atomic mass is 16.5. The van der Waals surface area contributed by atoms with E-state index in [1.807, 2.05) is 43.7 Å². The largest absolute Gasteiger partial charge is 0.496 e. The highest BCUT2D eigenvalue weighted by Gasteiger charge is 2.11. The number of furan rings is 1. The number of ether oxygens (including phenoxy) is 1. The molecule has 5 aromatic rings. The lowest BCUT2D eigenvalue weighted by atomic mass is 10.1. The van der Waals surface area contributed by atoms with Crippen LogP contribution in [0, 0.1) is 0 Å². The van der Waals surface area contributed by atoms with E-state index in [2.05, 4.69) is 51.3 Å². The molecule has 182 valence electrons. The number of nitrogens with zero attached hydrogens (tertiary/aromatic N) is 4. The summed E-state index contributed by atoms with van der Waals surface area (Å²) < 4.78 is 12.9. The Labute approximate surface area is 205 Å². The number of hydrogen-bond donors (Lipinski definition) is 2. The normalized spacial score (nSPS) is 10.7. The van der Waals surface area contributed by atoms with E-state index in [9.17, 15) is 0 Å². The molecule has 4 aromatic heterocycles. The van der Waals surface area contributed by atoms with Gasteiger partial charge in [0.2, 0.25) is 0 Å². The number of anilines is 1. The van der Waals surface area contributed by atoms with Crippen LogP contribution in [0.3, 0.4) is 0 Å². The summed E-state index contributed by atoms with van der Waals surface area (Å²) in [5, 5.41) is 7.75. The summed E-state index contributed by atoms with van der Waals surface area (Å²) >= 11 is 0.